The van der Waals surface area contributed by atoms with E-state index in [1.165, 1.54) is 5.01 Å². The van der Waals surface area contributed by atoms with Gasteiger partial charge in [0.25, 0.3) is 5.91 Å². The van der Waals surface area contributed by atoms with Gasteiger partial charge in [-0.25, -0.2) is 0 Å². The Morgan fingerprint density at radius 2 is 1.89 bits per heavy atom. The highest BCUT2D eigenvalue weighted by molar-refractivity contribution is 6.32. The van der Waals surface area contributed by atoms with Crippen molar-refractivity contribution in [3.05, 3.63) is 59.7 Å². The van der Waals surface area contributed by atoms with Gasteiger partial charge in [-0.1, -0.05) is 37.6 Å². The molecule has 27 heavy (non-hydrogen) atoms. The first kappa shape index (κ1) is 18.7. The van der Waals surface area contributed by atoms with E-state index < -0.39 is 0 Å². The molecule has 5 nitrogen and oxygen atoms in total. The van der Waals surface area contributed by atoms with Crippen molar-refractivity contribution in [2.75, 3.05) is 18.7 Å². The van der Waals surface area contributed by atoms with Gasteiger partial charge in [0.15, 0.2) is 11.5 Å². The molecule has 0 aromatic heterocycles. The molecule has 0 aliphatic carbocycles. The lowest BCUT2D eigenvalue weighted by Gasteiger charge is -2.12. The van der Waals surface area contributed by atoms with Crippen LogP contribution in [0.3, 0.4) is 0 Å². The maximum atomic E-state index is 12.8. The summed E-state index contributed by atoms with van der Waals surface area (Å²) in [5.74, 6) is 1.23. The highest BCUT2D eigenvalue weighted by Crippen LogP contribution is 2.30. The van der Waals surface area contributed by atoms with E-state index in [0.29, 0.717) is 29.4 Å². The monoisotopic (exact) mass is 364 g/mol. The van der Waals surface area contributed by atoms with Gasteiger partial charge < -0.3 is 9.47 Å². The molecule has 1 aliphatic rings. The molecule has 2 aromatic rings. The summed E-state index contributed by atoms with van der Waals surface area (Å²) < 4.78 is 11.2. The number of amides is 1. The molecule has 0 bridgehead atoms. The summed E-state index contributed by atoms with van der Waals surface area (Å²) in [4.78, 5) is 12.8. The van der Waals surface area contributed by atoms with E-state index >= 15 is 0 Å². The largest absolute Gasteiger partial charge is 0.493 e. The lowest BCUT2D eigenvalue weighted by atomic mass is 10.1. The fourth-order valence-corrected chi connectivity index (χ4v) is 2.81. The smallest absolute Gasteiger partial charge is 0.280 e. The second-order valence-corrected chi connectivity index (χ2v) is 6.31. The van der Waals surface area contributed by atoms with Gasteiger partial charge in [0.2, 0.25) is 0 Å². The summed E-state index contributed by atoms with van der Waals surface area (Å²) in [5, 5.41) is 5.83. The first-order valence-corrected chi connectivity index (χ1v) is 9.11. The summed E-state index contributed by atoms with van der Waals surface area (Å²) in [7, 11) is 1.61. The molecule has 0 saturated heterocycles. The average molecular weight is 364 g/mol. The second-order valence-electron chi connectivity index (χ2n) is 6.31. The minimum Gasteiger partial charge on any atom is -0.493 e. The number of hydrazone groups is 1. The maximum absolute atomic E-state index is 12.8. The molecule has 0 N–H and O–H groups in total. The molecule has 0 atom stereocenters. The zero-order valence-electron chi connectivity index (χ0n) is 15.9. The molecule has 140 valence electrons. The number of carbonyl (C=O) groups excluding carboxylic acids is 1. The first-order valence-electron chi connectivity index (χ1n) is 9.11. The standard InChI is InChI=1S/C22H24N2O3/c1-4-5-13-27-20-12-11-17(15-21(20)26-3)14-19-16(2)23-24(22(19)25)18-9-7-6-8-10-18/h6-12,14-15H,4-5,13H2,1-3H3/b19-14+. The number of hydrogen-bond acceptors (Lipinski definition) is 4. The minimum atomic E-state index is -0.138. The Hall–Kier alpha value is -3.08. The molecule has 0 radical (unpaired) electrons. The summed E-state index contributed by atoms with van der Waals surface area (Å²) in [6, 6.07) is 15.1. The van der Waals surface area contributed by atoms with Gasteiger partial charge in [-0.15, -0.1) is 0 Å². The summed E-state index contributed by atoms with van der Waals surface area (Å²) >= 11 is 0. The molecule has 0 spiro atoms. The van der Waals surface area contributed by atoms with E-state index in [-0.39, 0.29) is 5.91 Å². The third kappa shape index (κ3) is 4.19. The number of hydrogen-bond donors (Lipinski definition) is 0. The third-order valence-electron chi connectivity index (χ3n) is 4.32. The molecule has 0 unspecified atom stereocenters. The van der Waals surface area contributed by atoms with Crippen molar-refractivity contribution in [1.82, 2.24) is 0 Å². The van der Waals surface area contributed by atoms with Gasteiger partial charge in [0, 0.05) is 0 Å². The Morgan fingerprint density at radius 3 is 2.59 bits per heavy atom. The molecule has 3 rings (SSSR count). The van der Waals surface area contributed by atoms with Crippen molar-refractivity contribution in [3.63, 3.8) is 0 Å². The SMILES string of the molecule is CCCCOc1ccc(/C=C2/C(=O)N(c3ccccc3)N=C2C)cc1OC. The van der Waals surface area contributed by atoms with Crippen LogP contribution in [0, 0.1) is 0 Å². The van der Waals surface area contributed by atoms with E-state index in [1.54, 1.807) is 7.11 Å². The topological polar surface area (TPSA) is 51.1 Å². The molecule has 1 amide bonds. The van der Waals surface area contributed by atoms with Crippen LogP contribution in [0.25, 0.3) is 6.08 Å². The van der Waals surface area contributed by atoms with Gasteiger partial charge in [-0.05, 0) is 49.2 Å². The first-order chi connectivity index (χ1) is 13.1. The van der Waals surface area contributed by atoms with E-state index in [2.05, 4.69) is 12.0 Å². The predicted octanol–water partition coefficient (Wildman–Crippen LogP) is 4.68. The summed E-state index contributed by atoms with van der Waals surface area (Å²) in [6.07, 6.45) is 3.90. The van der Waals surface area contributed by atoms with Gasteiger partial charge in [-0.3, -0.25) is 4.79 Å². The number of nitrogens with zero attached hydrogens (tertiary/aromatic N) is 2. The average Bonchev–Trinajstić information content (AvgIpc) is 2.98. The zero-order chi connectivity index (χ0) is 19.2. The van der Waals surface area contributed by atoms with Gasteiger partial charge >= 0.3 is 0 Å². The maximum Gasteiger partial charge on any atom is 0.280 e. The minimum absolute atomic E-state index is 0.138. The number of carbonyl (C=O) groups is 1. The highest BCUT2D eigenvalue weighted by atomic mass is 16.5. The van der Waals surface area contributed by atoms with Crippen LogP contribution in [0.4, 0.5) is 5.69 Å². The number of benzene rings is 2. The number of anilines is 1. The van der Waals surface area contributed by atoms with Crippen molar-refractivity contribution in [2.24, 2.45) is 5.10 Å². The van der Waals surface area contributed by atoms with Crippen molar-refractivity contribution in [3.8, 4) is 11.5 Å². The number of rotatable bonds is 7. The van der Waals surface area contributed by atoms with Crippen molar-refractivity contribution >= 4 is 23.4 Å². The molecule has 1 aliphatic heterocycles. The highest BCUT2D eigenvalue weighted by Gasteiger charge is 2.28. The molecule has 0 fully saturated rings. The Bertz CT molecular complexity index is 872. The molecule has 2 aromatic carbocycles. The normalized spacial score (nSPS) is 15.2. The quantitative estimate of drug-likeness (QED) is 0.529. The summed E-state index contributed by atoms with van der Waals surface area (Å²) in [6.45, 7) is 4.62. The van der Waals surface area contributed by atoms with Crippen molar-refractivity contribution in [1.29, 1.82) is 0 Å². The Balaban J connectivity index is 1.84. The van der Waals surface area contributed by atoms with Crippen LogP contribution in [-0.2, 0) is 4.79 Å². The molecule has 1 heterocycles. The van der Waals surface area contributed by atoms with Crippen LogP contribution in [-0.4, -0.2) is 25.3 Å². The van der Waals surface area contributed by atoms with Gasteiger partial charge in [0.1, 0.15) is 0 Å². The fourth-order valence-electron chi connectivity index (χ4n) is 2.81. The van der Waals surface area contributed by atoms with Gasteiger partial charge in [-0.2, -0.15) is 10.1 Å². The van der Waals surface area contributed by atoms with E-state index in [0.717, 1.165) is 24.1 Å². The number of ether oxygens (including phenoxy) is 2. The van der Waals surface area contributed by atoms with Crippen LogP contribution < -0.4 is 14.5 Å². The second kappa shape index (κ2) is 8.54. The fraction of sp³-hybridized carbons (Fsp3) is 0.273. The predicted molar refractivity (Wildman–Crippen MR) is 108 cm³/mol. The Kier molecular flexibility index (Phi) is 5.91. The van der Waals surface area contributed by atoms with Gasteiger partial charge in [0.05, 0.1) is 30.7 Å². The number of unbranched alkanes of at least 4 members (excludes halogenated alkanes) is 1. The van der Waals surface area contributed by atoms with Crippen LogP contribution in [0.15, 0.2) is 59.2 Å². The van der Waals surface area contributed by atoms with Crippen LogP contribution in [0.2, 0.25) is 0 Å². The van der Waals surface area contributed by atoms with E-state index in [4.69, 9.17) is 9.47 Å². The van der Waals surface area contributed by atoms with Crippen molar-refractivity contribution in [2.45, 2.75) is 26.7 Å². The molecule has 5 heteroatoms. The van der Waals surface area contributed by atoms with E-state index in [1.807, 2.05) is 61.5 Å². The zero-order valence-corrected chi connectivity index (χ0v) is 15.9. The lowest BCUT2D eigenvalue weighted by molar-refractivity contribution is -0.114. The number of para-hydroxylation sites is 1. The Labute approximate surface area is 159 Å². The number of methoxy groups -OCH3 is 1. The lowest BCUT2D eigenvalue weighted by Crippen LogP contribution is -2.21. The molecule has 0 saturated carbocycles. The van der Waals surface area contributed by atoms with Crippen LogP contribution in [0.5, 0.6) is 11.5 Å². The van der Waals surface area contributed by atoms with Crippen molar-refractivity contribution < 1.29 is 14.3 Å². The summed E-state index contributed by atoms with van der Waals surface area (Å²) in [5.41, 5.74) is 2.87. The molecular weight excluding hydrogens is 340 g/mol. The van der Waals surface area contributed by atoms with Crippen LogP contribution in [0.1, 0.15) is 32.3 Å². The van der Waals surface area contributed by atoms with E-state index in [9.17, 15) is 4.79 Å². The third-order valence-corrected chi connectivity index (χ3v) is 4.32. The van der Waals surface area contributed by atoms with Crippen LogP contribution >= 0.6 is 0 Å². The Morgan fingerprint density at radius 1 is 1.11 bits per heavy atom. The molecular formula is C22H24N2O3.